The summed E-state index contributed by atoms with van der Waals surface area (Å²) >= 11 is 0. The van der Waals surface area contributed by atoms with Gasteiger partial charge in [0.25, 0.3) is 0 Å². The van der Waals surface area contributed by atoms with Crippen molar-refractivity contribution in [1.29, 1.82) is 0 Å². The van der Waals surface area contributed by atoms with Gasteiger partial charge in [-0.05, 0) is 26.7 Å². The van der Waals surface area contributed by atoms with Crippen LogP contribution in [0, 0.1) is 19.8 Å². The monoisotopic (exact) mass is 300 g/mol. The Labute approximate surface area is 129 Å². The van der Waals surface area contributed by atoms with Crippen LogP contribution >= 0.6 is 0 Å². The fourth-order valence-corrected chi connectivity index (χ4v) is 2.25. The van der Waals surface area contributed by atoms with Crippen molar-refractivity contribution in [3.05, 3.63) is 30.1 Å². The van der Waals surface area contributed by atoms with Gasteiger partial charge in [0.05, 0.1) is 0 Å². The van der Waals surface area contributed by atoms with Crippen LogP contribution in [0.5, 0.6) is 0 Å². The first-order valence-corrected chi connectivity index (χ1v) is 7.51. The summed E-state index contributed by atoms with van der Waals surface area (Å²) in [5.74, 6) is 3.51. The number of carbonyl (C=O) groups excluding carboxylic acids is 1. The minimum absolute atomic E-state index is 0.162. The quantitative estimate of drug-likeness (QED) is 0.784. The molecule has 1 fully saturated rings. The Morgan fingerprint density at radius 1 is 1.32 bits per heavy atom. The summed E-state index contributed by atoms with van der Waals surface area (Å²) in [5.41, 5.74) is 0. The van der Waals surface area contributed by atoms with Crippen LogP contribution in [0.3, 0.4) is 0 Å². The van der Waals surface area contributed by atoms with Gasteiger partial charge >= 0.3 is 0 Å². The second-order valence-electron chi connectivity index (χ2n) is 5.50. The molecule has 22 heavy (non-hydrogen) atoms. The molecule has 0 aliphatic heterocycles. The van der Waals surface area contributed by atoms with Crippen molar-refractivity contribution in [1.82, 2.24) is 24.8 Å². The molecule has 0 spiro atoms. The topological polar surface area (TPSA) is 84.7 Å². The molecule has 0 unspecified atom stereocenters. The number of aryl methyl sites for hydroxylation is 2. The molecule has 0 atom stereocenters. The first kappa shape index (κ1) is 14.5. The van der Waals surface area contributed by atoms with Gasteiger partial charge < -0.3 is 10.6 Å². The summed E-state index contributed by atoms with van der Waals surface area (Å²) < 4.78 is 1.91. The van der Waals surface area contributed by atoms with E-state index >= 15 is 0 Å². The SMILES string of the molecule is Cc1nc(NCCNC(=O)C2CC2)cc(-n2ccnc2C)n1. The van der Waals surface area contributed by atoms with Crippen LogP contribution in [0.1, 0.15) is 24.5 Å². The second kappa shape index (κ2) is 6.13. The van der Waals surface area contributed by atoms with Crippen LogP contribution < -0.4 is 10.6 Å². The lowest BCUT2D eigenvalue weighted by atomic mass is 10.4. The second-order valence-corrected chi connectivity index (χ2v) is 5.50. The number of hydrogen-bond donors (Lipinski definition) is 2. The summed E-state index contributed by atoms with van der Waals surface area (Å²) in [6, 6.07) is 1.88. The molecule has 116 valence electrons. The van der Waals surface area contributed by atoms with E-state index in [-0.39, 0.29) is 11.8 Å². The molecule has 2 N–H and O–H groups in total. The highest BCUT2D eigenvalue weighted by Gasteiger charge is 2.28. The summed E-state index contributed by atoms with van der Waals surface area (Å²) in [6.07, 6.45) is 5.67. The van der Waals surface area contributed by atoms with E-state index in [4.69, 9.17) is 0 Å². The normalized spacial score (nSPS) is 13.9. The van der Waals surface area contributed by atoms with Gasteiger partial charge in [0.15, 0.2) is 0 Å². The number of nitrogens with one attached hydrogen (secondary N) is 2. The molecular weight excluding hydrogens is 280 g/mol. The van der Waals surface area contributed by atoms with Gasteiger partial charge in [0, 0.05) is 37.5 Å². The number of anilines is 1. The lowest BCUT2D eigenvalue weighted by molar-refractivity contribution is -0.122. The van der Waals surface area contributed by atoms with E-state index in [0.29, 0.717) is 18.9 Å². The molecule has 0 bridgehead atoms. The van der Waals surface area contributed by atoms with Crippen LogP contribution in [0.15, 0.2) is 18.5 Å². The summed E-state index contributed by atoms with van der Waals surface area (Å²) in [6.45, 7) is 5.02. The first-order valence-electron chi connectivity index (χ1n) is 7.51. The molecule has 0 radical (unpaired) electrons. The lowest BCUT2D eigenvalue weighted by Gasteiger charge is -2.10. The minimum atomic E-state index is 0.162. The molecule has 7 heteroatoms. The van der Waals surface area contributed by atoms with Gasteiger partial charge in [-0.3, -0.25) is 9.36 Å². The van der Waals surface area contributed by atoms with Gasteiger partial charge in [0.1, 0.15) is 23.3 Å². The van der Waals surface area contributed by atoms with Crippen LogP contribution in [0.2, 0.25) is 0 Å². The van der Waals surface area contributed by atoms with Gasteiger partial charge in [-0.1, -0.05) is 0 Å². The lowest BCUT2D eigenvalue weighted by Crippen LogP contribution is -2.30. The van der Waals surface area contributed by atoms with Crippen molar-refractivity contribution in [2.24, 2.45) is 5.92 Å². The maximum atomic E-state index is 11.5. The Kier molecular flexibility index (Phi) is 4.04. The number of carbonyl (C=O) groups is 1. The Balaban J connectivity index is 1.60. The van der Waals surface area contributed by atoms with E-state index in [9.17, 15) is 4.79 Å². The van der Waals surface area contributed by atoms with Gasteiger partial charge in [-0.2, -0.15) is 0 Å². The smallest absolute Gasteiger partial charge is 0.223 e. The van der Waals surface area contributed by atoms with Gasteiger partial charge in [-0.15, -0.1) is 0 Å². The molecule has 3 rings (SSSR count). The standard InChI is InChI=1S/C15H20N6O/c1-10-19-13(17-5-6-18-15(22)12-3-4-12)9-14(20-10)21-8-7-16-11(21)2/h7-9,12H,3-6H2,1-2H3,(H,18,22)(H,17,19,20). The molecule has 1 aliphatic rings. The van der Waals surface area contributed by atoms with Crippen molar-refractivity contribution in [2.45, 2.75) is 26.7 Å². The first-order chi connectivity index (χ1) is 10.6. The fourth-order valence-electron chi connectivity index (χ4n) is 2.25. The maximum Gasteiger partial charge on any atom is 0.223 e. The molecule has 0 aromatic carbocycles. The molecule has 1 saturated carbocycles. The number of amides is 1. The Hall–Kier alpha value is -2.44. The number of aromatic nitrogens is 4. The third-order valence-corrected chi connectivity index (χ3v) is 3.58. The average molecular weight is 300 g/mol. The van der Waals surface area contributed by atoms with Crippen LogP contribution in [0.4, 0.5) is 5.82 Å². The molecule has 2 heterocycles. The van der Waals surface area contributed by atoms with Crippen LogP contribution in [-0.4, -0.2) is 38.5 Å². The van der Waals surface area contributed by atoms with Crippen molar-refractivity contribution >= 4 is 11.7 Å². The third-order valence-electron chi connectivity index (χ3n) is 3.58. The van der Waals surface area contributed by atoms with Crippen LogP contribution in [-0.2, 0) is 4.79 Å². The number of hydrogen-bond acceptors (Lipinski definition) is 5. The summed E-state index contributed by atoms with van der Waals surface area (Å²) in [5, 5.41) is 6.14. The molecule has 2 aromatic heterocycles. The van der Waals surface area contributed by atoms with Crippen molar-refractivity contribution < 1.29 is 4.79 Å². The van der Waals surface area contributed by atoms with E-state index in [1.165, 1.54) is 0 Å². The molecular formula is C15H20N6O. The van der Waals surface area contributed by atoms with E-state index in [1.807, 2.05) is 30.7 Å². The van der Waals surface area contributed by atoms with Crippen molar-refractivity contribution in [3.8, 4) is 5.82 Å². The predicted molar refractivity (Wildman–Crippen MR) is 82.9 cm³/mol. The maximum absolute atomic E-state index is 11.5. The van der Waals surface area contributed by atoms with E-state index in [2.05, 4.69) is 25.6 Å². The van der Waals surface area contributed by atoms with Crippen LogP contribution in [0.25, 0.3) is 5.82 Å². The molecule has 0 saturated heterocycles. The van der Waals surface area contributed by atoms with E-state index < -0.39 is 0 Å². The largest absolute Gasteiger partial charge is 0.368 e. The van der Waals surface area contributed by atoms with Crippen molar-refractivity contribution in [2.75, 3.05) is 18.4 Å². The Morgan fingerprint density at radius 2 is 2.14 bits per heavy atom. The van der Waals surface area contributed by atoms with Crippen molar-refractivity contribution in [3.63, 3.8) is 0 Å². The zero-order valence-electron chi connectivity index (χ0n) is 12.8. The van der Waals surface area contributed by atoms with E-state index in [1.54, 1.807) is 6.20 Å². The highest BCUT2D eigenvalue weighted by atomic mass is 16.2. The Bertz CT molecular complexity index is 676. The predicted octanol–water partition coefficient (Wildman–Crippen LogP) is 1.22. The van der Waals surface area contributed by atoms with E-state index in [0.717, 1.165) is 30.3 Å². The molecule has 2 aromatic rings. The number of rotatable bonds is 6. The van der Waals surface area contributed by atoms with Gasteiger partial charge in [-0.25, -0.2) is 15.0 Å². The zero-order chi connectivity index (χ0) is 15.5. The zero-order valence-corrected chi connectivity index (χ0v) is 12.8. The molecule has 1 amide bonds. The highest BCUT2D eigenvalue weighted by molar-refractivity contribution is 5.80. The minimum Gasteiger partial charge on any atom is -0.368 e. The molecule has 1 aliphatic carbocycles. The number of nitrogens with zero attached hydrogens (tertiary/aromatic N) is 4. The summed E-state index contributed by atoms with van der Waals surface area (Å²) in [4.78, 5) is 24.5. The third kappa shape index (κ3) is 3.41. The fraction of sp³-hybridized carbons (Fsp3) is 0.467. The highest BCUT2D eigenvalue weighted by Crippen LogP contribution is 2.28. The summed E-state index contributed by atoms with van der Waals surface area (Å²) in [7, 11) is 0. The average Bonchev–Trinajstić information content (AvgIpc) is 3.25. The Morgan fingerprint density at radius 3 is 2.82 bits per heavy atom. The molecule has 7 nitrogen and oxygen atoms in total. The van der Waals surface area contributed by atoms with Gasteiger partial charge in [0.2, 0.25) is 5.91 Å². The number of imidazole rings is 1.